The van der Waals surface area contributed by atoms with Crippen LogP contribution in [0.4, 0.5) is 5.69 Å². The highest BCUT2D eigenvalue weighted by atomic mass is 32.2. The fraction of sp³-hybridized carbons (Fsp3) is 0.211. The first-order valence-electron chi connectivity index (χ1n) is 8.60. The van der Waals surface area contributed by atoms with Gasteiger partial charge in [0.05, 0.1) is 10.6 Å². The first-order valence-corrected chi connectivity index (χ1v) is 10.1. The van der Waals surface area contributed by atoms with Crippen LogP contribution in [0, 0.1) is 0 Å². The van der Waals surface area contributed by atoms with E-state index in [2.05, 4.69) is 15.0 Å². The van der Waals surface area contributed by atoms with Crippen molar-refractivity contribution in [3.63, 3.8) is 0 Å². The Morgan fingerprint density at radius 1 is 1.19 bits per heavy atom. The minimum atomic E-state index is -3.70. The SMILES string of the molecule is CC1Oc2ccc(S(=O)(=O)NCCc3c[nH]c4ccccc34)cc2NC1=O. The molecule has 1 aliphatic heterocycles. The molecule has 3 aromatic rings. The average molecular weight is 385 g/mol. The van der Waals surface area contributed by atoms with Crippen LogP contribution >= 0.6 is 0 Å². The zero-order valence-corrected chi connectivity index (χ0v) is 15.5. The molecule has 0 aliphatic carbocycles. The van der Waals surface area contributed by atoms with E-state index in [4.69, 9.17) is 4.74 Å². The Morgan fingerprint density at radius 3 is 2.85 bits per heavy atom. The van der Waals surface area contributed by atoms with Crippen LogP contribution < -0.4 is 14.8 Å². The van der Waals surface area contributed by atoms with Crippen molar-refractivity contribution in [3.05, 3.63) is 54.2 Å². The summed E-state index contributed by atoms with van der Waals surface area (Å²) >= 11 is 0. The second kappa shape index (κ2) is 6.71. The molecule has 7 nitrogen and oxygen atoms in total. The van der Waals surface area contributed by atoms with E-state index in [1.54, 1.807) is 13.0 Å². The van der Waals surface area contributed by atoms with Crippen molar-refractivity contribution in [1.29, 1.82) is 0 Å². The first kappa shape index (κ1) is 17.6. The zero-order valence-electron chi connectivity index (χ0n) is 14.7. The molecule has 8 heteroatoms. The molecule has 27 heavy (non-hydrogen) atoms. The van der Waals surface area contributed by atoms with Gasteiger partial charge in [-0.3, -0.25) is 4.79 Å². The minimum absolute atomic E-state index is 0.0821. The second-order valence-electron chi connectivity index (χ2n) is 6.41. The van der Waals surface area contributed by atoms with Crippen LogP contribution in [-0.4, -0.2) is 32.0 Å². The molecule has 2 aromatic carbocycles. The number of anilines is 1. The minimum Gasteiger partial charge on any atom is -0.479 e. The maximum atomic E-state index is 12.6. The summed E-state index contributed by atoms with van der Waals surface area (Å²) in [5.74, 6) is 0.157. The van der Waals surface area contributed by atoms with Gasteiger partial charge in [-0.15, -0.1) is 0 Å². The number of benzene rings is 2. The molecule has 0 fully saturated rings. The fourth-order valence-electron chi connectivity index (χ4n) is 3.10. The van der Waals surface area contributed by atoms with Crippen molar-refractivity contribution in [3.8, 4) is 5.75 Å². The highest BCUT2D eigenvalue weighted by molar-refractivity contribution is 7.89. The number of fused-ring (bicyclic) bond motifs is 2. The number of nitrogens with one attached hydrogen (secondary N) is 3. The molecule has 2 heterocycles. The van der Waals surface area contributed by atoms with Crippen molar-refractivity contribution in [2.24, 2.45) is 0 Å². The number of sulfonamides is 1. The van der Waals surface area contributed by atoms with Gasteiger partial charge in [0.25, 0.3) is 5.91 Å². The Hall–Kier alpha value is -2.84. The molecule has 0 radical (unpaired) electrons. The summed E-state index contributed by atoms with van der Waals surface area (Å²) in [7, 11) is -3.70. The Balaban J connectivity index is 1.47. The molecule has 140 valence electrons. The van der Waals surface area contributed by atoms with E-state index < -0.39 is 16.1 Å². The molecule has 1 unspecified atom stereocenters. The Kier molecular flexibility index (Phi) is 4.37. The molecule has 0 spiro atoms. The highest BCUT2D eigenvalue weighted by Gasteiger charge is 2.25. The number of amides is 1. The molecule has 0 saturated heterocycles. The van der Waals surface area contributed by atoms with Crippen LogP contribution in [0.2, 0.25) is 0 Å². The largest absolute Gasteiger partial charge is 0.479 e. The second-order valence-corrected chi connectivity index (χ2v) is 8.18. The van der Waals surface area contributed by atoms with E-state index >= 15 is 0 Å². The average Bonchev–Trinajstić information content (AvgIpc) is 3.05. The number of aromatic amines is 1. The number of carbonyl (C=O) groups is 1. The number of hydrogen-bond donors (Lipinski definition) is 3. The third-order valence-corrected chi connectivity index (χ3v) is 6.01. The molecule has 1 atom stereocenters. The summed E-state index contributed by atoms with van der Waals surface area (Å²) in [4.78, 5) is 15.0. The molecular weight excluding hydrogens is 366 g/mol. The maximum Gasteiger partial charge on any atom is 0.265 e. The lowest BCUT2D eigenvalue weighted by atomic mass is 10.1. The van der Waals surface area contributed by atoms with E-state index in [0.717, 1.165) is 16.5 Å². The quantitative estimate of drug-likeness (QED) is 0.628. The van der Waals surface area contributed by atoms with Gasteiger partial charge in [-0.05, 0) is 43.2 Å². The van der Waals surface area contributed by atoms with Crippen LogP contribution in [0.5, 0.6) is 5.75 Å². The van der Waals surface area contributed by atoms with Crippen LogP contribution in [0.3, 0.4) is 0 Å². The van der Waals surface area contributed by atoms with Crippen molar-refractivity contribution >= 4 is 32.5 Å². The number of hydrogen-bond acceptors (Lipinski definition) is 4. The van der Waals surface area contributed by atoms with E-state index in [0.29, 0.717) is 17.9 Å². The number of H-pyrrole nitrogens is 1. The van der Waals surface area contributed by atoms with Gasteiger partial charge in [0.1, 0.15) is 5.75 Å². The van der Waals surface area contributed by atoms with Crippen LogP contribution in [0.25, 0.3) is 10.9 Å². The normalized spacial score (nSPS) is 16.6. The van der Waals surface area contributed by atoms with Crippen molar-refractivity contribution in [1.82, 2.24) is 9.71 Å². The predicted octanol–water partition coefficient (Wildman–Crippen LogP) is 2.41. The monoisotopic (exact) mass is 385 g/mol. The molecule has 0 bridgehead atoms. The van der Waals surface area contributed by atoms with Crippen molar-refractivity contribution in [2.75, 3.05) is 11.9 Å². The lowest BCUT2D eigenvalue weighted by Gasteiger charge is -2.23. The third-order valence-electron chi connectivity index (χ3n) is 4.55. The molecule has 3 N–H and O–H groups in total. The summed E-state index contributed by atoms with van der Waals surface area (Å²) in [5.41, 5.74) is 2.43. The maximum absolute atomic E-state index is 12.6. The van der Waals surface area contributed by atoms with Gasteiger partial charge in [0.2, 0.25) is 10.0 Å². The van der Waals surface area contributed by atoms with Gasteiger partial charge in [0, 0.05) is 23.6 Å². The van der Waals surface area contributed by atoms with Crippen molar-refractivity contribution in [2.45, 2.75) is 24.3 Å². The van der Waals surface area contributed by atoms with E-state index in [1.807, 2.05) is 30.5 Å². The molecule has 0 saturated carbocycles. The lowest BCUT2D eigenvalue weighted by Crippen LogP contribution is -2.34. The summed E-state index contributed by atoms with van der Waals surface area (Å²) in [6.45, 7) is 1.90. The molecule has 4 rings (SSSR count). The third kappa shape index (κ3) is 3.41. The topological polar surface area (TPSA) is 100 Å². The summed E-state index contributed by atoms with van der Waals surface area (Å²) in [6.07, 6.45) is 1.85. The van der Waals surface area contributed by atoms with E-state index in [-0.39, 0.29) is 17.3 Å². The van der Waals surface area contributed by atoms with Gasteiger partial charge in [-0.25, -0.2) is 13.1 Å². The van der Waals surface area contributed by atoms with Crippen molar-refractivity contribution < 1.29 is 17.9 Å². The molecule has 1 aliphatic rings. The Labute approximate surface area is 156 Å². The fourth-order valence-corrected chi connectivity index (χ4v) is 4.15. The highest BCUT2D eigenvalue weighted by Crippen LogP contribution is 2.31. The van der Waals surface area contributed by atoms with Gasteiger partial charge >= 0.3 is 0 Å². The Bertz CT molecular complexity index is 1120. The van der Waals surface area contributed by atoms with Gasteiger partial charge < -0.3 is 15.0 Å². The van der Waals surface area contributed by atoms with E-state index in [1.165, 1.54) is 12.1 Å². The summed E-state index contributed by atoms with van der Waals surface area (Å²) in [6, 6.07) is 12.3. The molecular formula is C19H19N3O4S. The Morgan fingerprint density at radius 2 is 2.00 bits per heavy atom. The number of para-hydroxylation sites is 1. The predicted molar refractivity (Wildman–Crippen MR) is 102 cm³/mol. The number of aromatic nitrogens is 1. The first-order chi connectivity index (χ1) is 12.9. The molecule has 1 amide bonds. The van der Waals surface area contributed by atoms with Crippen LogP contribution in [0.15, 0.2) is 53.6 Å². The summed E-state index contributed by atoms with van der Waals surface area (Å²) < 4.78 is 33.2. The van der Waals surface area contributed by atoms with Gasteiger partial charge in [0.15, 0.2) is 6.10 Å². The van der Waals surface area contributed by atoms with Crippen LogP contribution in [0.1, 0.15) is 12.5 Å². The number of rotatable bonds is 5. The van der Waals surface area contributed by atoms with Gasteiger partial charge in [-0.2, -0.15) is 0 Å². The smallest absolute Gasteiger partial charge is 0.265 e. The van der Waals surface area contributed by atoms with Crippen LogP contribution in [-0.2, 0) is 21.2 Å². The molecule has 1 aromatic heterocycles. The number of ether oxygens (including phenoxy) is 1. The summed E-state index contributed by atoms with van der Waals surface area (Å²) in [5, 5.41) is 3.74. The standard InChI is InChI=1S/C19H19N3O4S/c1-12-19(23)22-17-10-14(6-7-18(17)26-12)27(24,25)21-9-8-13-11-20-16-5-3-2-4-15(13)16/h2-7,10-12,20-21H,8-9H2,1H3,(H,22,23). The lowest BCUT2D eigenvalue weighted by molar-refractivity contribution is -0.122. The van der Waals surface area contributed by atoms with E-state index in [9.17, 15) is 13.2 Å². The number of carbonyl (C=O) groups excluding carboxylic acids is 1. The van der Waals surface area contributed by atoms with Gasteiger partial charge in [-0.1, -0.05) is 18.2 Å². The zero-order chi connectivity index (χ0) is 19.0.